The molecule has 6 aliphatic rings. The van der Waals surface area contributed by atoms with Crippen LogP contribution < -0.4 is 5.73 Å². The quantitative estimate of drug-likeness (QED) is 0.604. The van der Waals surface area contributed by atoms with Gasteiger partial charge in [0.2, 0.25) is 0 Å². The molecule has 5 unspecified atom stereocenters. The molecule has 6 aliphatic carbocycles. The number of hydrogen-bond acceptors (Lipinski definition) is 1. The zero-order valence-electron chi connectivity index (χ0n) is 15.3. The van der Waals surface area contributed by atoms with E-state index in [1.54, 1.807) is 22.3 Å². The lowest BCUT2D eigenvalue weighted by molar-refractivity contribution is 0.197. The fourth-order valence-electron chi connectivity index (χ4n) is 7.14. The monoisotopic (exact) mass is 341 g/mol. The maximum Gasteiger partial charge on any atom is 0.0273 e. The Morgan fingerprint density at radius 1 is 0.846 bits per heavy atom. The highest BCUT2D eigenvalue weighted by Crippen LogP contribution is 2.70. The smallest absolute Gasteiger partial charge is 0.0273 e. The van der Waals surface area contributed by atoms with Gasteiger partial charge in [0.25, 0.3) is 0 Å². The van der Waals surface area contributed by atoms with Crippen LogP contribution in [-0.2, 0) is 0 Å². The Balaban J connectivity index is 1.65. The number of allylic oxidation sites excluding steroid dienone is 12. The minimum absolute atomic E-state index is 0.175. The Morgan fingerprint density at radius 3 is 2.73 bits per heavy atom. The molecule has 1 spiro atoms. The zero-order valence-corrected chi connectivity index (χ0v) is 15.3. The third-order valence-electron chi connectivity index (χ3n) is 7.88. The van der Waals surface area contributed by atoms with E-state index in [0.717, 1.165) is 6.42 Å². The first kappa shape index (κ1) is 15.2. The maximum absolute atomic E-state index is 6.46. The molecule has 6 atom stereocenters. The molecule has 0 heterocycles. The predicted octanol–water partition coefficient (Wildman–Crippen LogP) is 5.17. The summed E-state index contributed by atoms with van der Waals surface area (Å²) in [4.78, 5) is 0. The van der Waals surface area contributed by atoms with Crippen molar-refractivity contribution < 1.29 is 0 Å². The van der Waals surface area contributed by atoms with E-state index < -0.39 is 0 Å². The van der Waals surface area contributed by atoms with Gasteiger partial charge in [-0.3, -0.25) is 0 Å². The molecule has 132 valence electrons. The second-order valence-corrected chi connectivity index (χ2v) is 8.86. The Labute approximate surface area is 156 Å². The molecule has 0 aromatic rings. The van der Waals surface area contributed by atoms with Crippen molar-refractivity contribution in [3.63, 3.8) is 0 Å². The molecule has 2 N–H and O–H groups in total. The van der Waals surface area contributed by atoms with Crippen LogP contribution in [0.25, 0.3) is 0 Å². The lowest BCUT2D eigenvalue weighted by atomic mass is 9.57. The van der Waals surface area contributed by atoms with Gasteiger partial charge in [0, 0.05) is 23.3 Å². The van der Waals surface area contributed by atoms with Gasteiger partial charge in [0.05, 0.1) is 0 Å². The second-order valence-electron chi connectivity index (χ2n) is 8.86. The van der Waals surface area contributed by atoms with Gasteiger partial charge in [0.1, 0.15) is 0 Å². The minimum Gasteiger partial charge on any atom is -0.324 e. The van der Waals surface area contributed by atoms with Crippen molar-refractivity contribution in [3.8, 4) is 0 Å². The maximum atomic E-state index is 6.46. The molecule has 0 saturated heterocycles. The van der Waals surface area contributed by atoms with Crippen LogP contribution in [0.1, 0.15) is 32.1 Å². The van der Waals surface area contributed by atoms with Crippen LogP contribution in [0.2, 0.25) is 0 Å². The van der Waals surface area contributed by atoms with E-state index in [1.165, 1.54) is 25.7 Å². The van der Waals surface area contributed by atoms with Crippen molar-refractivity contribution in [1.29, 1.82) is 0 Å². The molecule has 0 radical (unpaired) electrons. The Bertz CT molecular complexity index is 870. The summed E-state index contributed by atoms with van der Waals surface area (Å²) in [5.41, 5.74) is 13.4. The molecule has 0 saturated carbocycles. The minimum atomic E-state index is 0.175. The molecular weight excluding hydrogens is 314 g/mol. The first-order valence-electron chi connectivity index (χ1n) is 10.4. The van der Waals surface area contributed by atoms with Crippen LogP contribution in [0.3, 0.4) is 0 Å². The fraction of sp³-hybridized carbons (Fsp3) is 0.440. The highest BCUT2D eigenvalue weighted by Gasteiger charge is 2.62. The SMILES string of the molecule is NC1C=CC2=C(C1)[C@]1(C3=C(C=CCC3)C3CCC=CC31)C1C=CC=CC21. The van der Waals surface area contributed by atoms with Gasteiger partial charge in [-0.25, -0.2) is 0 Å². The van der Waals surface area contributed by atoms with E-state index in [1.807, 2.05) is 0 Å². The summed E-state index contributed by atoms with van der Waals surface area (Å²) in [6.45, 7) is 0. The summed E-state index contributed by atoms with van der Waals surface area (Å²) in [5, 5.41) is 0. The molecule has 0 aliphatic heterocycles. The first-order valence-corrected chi connectivity index (χ1v) is 10.4. The van der Waals surface area contributed by atoms with E-state index in [0.29, 0.717) is 23.7 Å². The van der Waals surface area contributed by atoms with Gasteiger partial charge in [-0.2, -0.15) is 0 Å². The number of nitrogens with two attached hydrogens (primary N) is 1. The van der Waals surface area contributed by atoms with Gasteiger partial charge in [-0.15, -0.1) is 0 Å². The van der Waals surface area contributed by atoms with Gasteiger partial charge in [0.15, 0.2) is 0 Å². The largest absolute Gasteiger partial charge is 0.324 e. The fourth-order valence-corrected chi connectivity index (χ4v) is 7.14. The molecule has 0 aromatic carbocycles. The predicted molar refractivity (Wildman–Crippen MR) is 107 cm³/mol. The van der Waals surface area contributed by atoms with Crippen LogP contribution >= 0.6 is 0 Å². The van der Waals surface area contributed by atoms with E-state index in [2.05, 4.69) is 60.8 Å². The summed E-state index contributed by atoms with van der Waals surface area (Å²) < 4.78 is 0. The van der Waals surface area contributed by atoms with Gasteiger partial charge >= 0.3 is 0 Å². The average Bonchev–Trinajstić information content (AvgIpc) is 3.15. The normalized spacial score (nSPS) is 44.6. The van der Waals surface area contributed by atoms with Crippen molar-refractivity contribution in [2.75, 3.05) is 0 Å². The molecule has 26 heavy (non-hydrogen) atoms. The molecule has 0 amide bonds. The van der Waals surface area contributed by atoms with Crippen LogP contribution in [-0.4, -0.2) is 6.04 Å². The number of hydrogen-bond donors (Lipinski definition) is 1. The van der Waals surface area contributed by atoms with Crippen LogP contribution in [0, 0.1) is 29.1 Å². The average molecular weight is 341 g/mol. The van der Waals surface area contributed by atoms with E-state index in [9.17, 15) is 0 Å². The van der Waals surface area contributed by atoms with Crippen molar-refractivity contribution in [2.24, 2.45) is 34.8 Å². The molecule has 1 heteroatoms. The summed E-state index contributed by atoms with van der Waals surface area (Å²) in [5.74, 6) is 2.44. The lowest BCUT2D eigenvalue weighted by Crippen LogP contribution is -2.40. The molecule has 6 rings (SSSR count). The third kappa shape index (κ3) is 1.71. The summed E-state index contributed by atoms with van der Waals surface area (Å²) in [6.07, 6.45) is 30.1. The van der Waals surface area contributed by atoms with Gasteiger partial charge < -0.3 is 5.73 Å². The topological polar surface area (TPSA) is 26.0 Å². The molecule has 1 nitrogen and oxygen atoms in total. The highest BCUT2D eigenvalue weighted by atomic mass is 14.7. The Hall–Kier alpha value is -1.86. The molecule has 0 fully saturated rings. The summed E-state index contributed by atoms with van der Waals surface area (Å²) >= 11 is 0. The molecular formula is C25H27N. The van der Waals surface area contributed by atoms with E-state index in [4.69, 9.17) is 5.73 Å². The van der Waals surface area contributed by atoms with Gasteiger partial charge in [-0.1, -0.05) is 71.9 Å². The van der Waals surface area contributed by atoms with Crippen LogP contribution in [0.5, 0.6) is 0 Å². The van der Waals surface area contributed by atoms with Crippen LogP contribution in [0.15, 0.2) is 83.1 Å². The molecule has 0 aromatic heterocycles. The van der Waals surface area contributed by atoms with E-state index >= 15 is 0 Å². The Kier molecular flexibility index (Phi) is 3.12. The Morgan fingerprint density at radius 2 is 1.77 bits per heavy atom. The lowest BCUT2D eigenvalue weighted by Gasteiger charge is -2.45. The number of fused-ring (bicyclic) bond motifs is 8. The second kappa shape index (κ2) is 5.33. The van der Waals surface area contributed by atoms with Crippen molar-refractivity contribution in [2.45, 2.75) is 38.1 Å². The molecule has 0 bridgehead atoms. The first-order chi connectivity index (χ1) is 12.8. The van der Waals surface area contributed by atoms with Crippen molar-refractivity contribution in [1.82, 2.24) is 0 Å². The third-order valence-corrected chi connectivity index (χ3v) is 7.88. The van der Waals surface area contributed by atoms with Gasteiger partial charge in [-0.05, 0) is 55.1 Å². The highest BCUT2D eigenvalue weighted by molar-refractivity contribution is 5.60. The van der Waals surface area contributed by atoms with E-state index in [-0.39, 0.29) is 11.5 Å². The summed E-state index contributed by atoms with van der Waals surface area (Å²) in [7, 11) is 0. The number of rotatable bonds is 0. The zero-order chi connectivity index (χ0) is 17.3. The van der Waals surface area contributed by atoms with Crippen LogP contribution in [0.4, 0.5) is 0 Å². The standard InChI is InChI=1S/C25H27N/c26-16-13-14-20-19-9-3-6-12-23(19)25(24(20)15-16)21-10-4-1-7-17(21)18-8-2-5-11-22(18)25/h1,3,5-7,9,11-14,16,18-19,22-23H,2,4,8,10,15,26H2/t16?,18?,19?,22?,23?,25-/m0/s1. The summed E-state index contributed by atoms with van der Waals surface area (Å²) in [6, 6.07) is 0.175. The van der Waals surface area contributed by atoms with Crippen molar-refractivity contribution in [3.05, 3.63) is 83.1 Å². The van der Waals surface area contributed by atoms with Crippen molar-refractivity contribution >= 4 is 0 Å².